The second-order valence-electron chi connectivity index (χ2n) is 3.92. The second-order valence-corrected chi connectivity index (χ2v) is 3.92. The molecule has 20 heavy (non-hydrogen) atoms. The number of nitrogen functional groups attached to an aromatic ring is 1. The summed E-state index contributed by atoms with van der Waals surface area (Å²) in [5.74, 6) is -2.98. The van der Waals surface area contributed by atoms with E-state index in [9.17, 15) is 14.4 Å². The van der Waals surface area contributed by atoms with Gasteiger partial charge in [-0.25, -0.2) is 4.79 Å². The van der Waals surface area contributed by atoms with E-state index < -0.39 is 23.9 Å². The first-order valence-electron chi connectivity index (χ1n) is 5.51. The van der Waals surface area contributed by atoms with Gasteiger partial charge in [0.25, 0.3) is 5.91 Å². The van der Waals surface area contributed by atoms with E-state index in [1.165, 1.54) is 24.3 Å². The van der Waals surface area contributed by atoms with Gasteiger partial charge in [0.05, 0.1) is 0 Å². The number of hydrogen-bond donors (Lipinski definition) is 4. The Morgan fingerprint density at radius 2 is 1.70 bits per heavy atom. The summed E-state index contributed by atoms with van der Waals surface area (Å²) in [6.45, 7) is 0. The van der Waals surface area contributed by atoms with Crippen molar-refractivity contribution in [2.75, 3.05) is 5.73 Å². The Labute approximate surface area is 121 Å². The summed E-state index contributed by atoms with van der Waals surface area (Å²) in [6, 6.07) is 4.71. The molecule has 0 aliphatic carbocycles. The molecule has 0 spiro atoms. The molecule has 0 saturated carbocycles. The lowest BCUT2D eigenvalue weighted by Gasteiger charge is -2.13. The van der Waals surface area contributed by atoms with Crippen molar-refractivity contribution in [3.8, 4) is 0 Å². The van der Waals surface area contributed by atoms with E-state index in [1.807, 2.05) is 0 Å². The molecule has 1 aromatic rings. The van der Waals surface area contributed by atoms with E-state index in [0.29, 0.717) is 5.69 Å². The van der Waals surface area contributed by atoms with Gasteiger partial charge in [-0.05, 0) is 30.7 Å². The summed E-state index contributed by atoms with van der Waals surface area (Å²) in [6.07, 6.45) is -0.510. The third kappa shape index (κ3) is 5.57. The predicted octanol–water partition coefficient (Wildman–Crippen LogP) is 0.738. The van der Waals surface area contributed by atoms with Crippen LogP contribution in [-0.2, 0) is 9.59 Å². The fourth-order valence-electron chi connectivity index (χ4n) is 1.40. The molecule has 1 rings (SSSR count). The summed E-state index contributed by atoms with van der Waals surface area (Å²) in [7, 11) is 0. The van der Waals surface area contributed by atoms with Crippen LogP contribution < -0.4 is 11.1 Å². The molecule has 0 fully saturated rings. The fraction of sp³-hybridized carbons (Fsp3) is 0.250. The zero-order valence-corrected chi connectivity index (χ0v) is 11.2. The van der Waals surface area contributed by atoms with Gasteiger partial charge in [-0.2, -0.15) is 0 Å². The molecule has 0 aromatic heterocycles. The first-order chi connectivity index (χ1) is 8.90. The van der Waals surface area contributed by atoms with Gasteiger partial charge in [0.15, 0.2) is 0 Å². The molecule has 1 amide bonds. The highest BCUT2D eigenvalue weighted by Crippen LogP contribution is 2.06. The van der Waals surface area contributed by atoms with Crippen molar-refractivity contribution >= 4 is 35.9 Å². The topological polar surface area (TPSA) is 130 Å². The van der Waals surface area contributed by atoms with Crippen molar-refractivity contribution < 1.29 is 24.6 Å². The Bertz CT molecular complexity index is 489. The van der Waals surface area contributed by atoms with Crippen LogP contribution in [0.2, 0.25) is 0 Å². The number of benzene rings is 1. The van der Waals surface area contributed by atoms with Crippen LogP contribution in [0.4, 0.5) is 5.69 Å². The van der Waals surface area contributed by atoms with Gasteiger partial charge in [0.2, 0.25) is 0 Å². The molecule has 8 heteroatoms. The molecule has 110 valence electrons. The number of nitrogens with one attached hydrogen (secondary N) is 1. The number of anilines is 1. The molecule has 5 N–H and O–H groups in total. The highest BCUT2D eigenvalue weighted by atomic mass is 35.5. The molecule has 0 saturated heterocycles. The molecular weight excluding hydrogens is 288 g/mol. The lowest BCUT2D eigenvalue weighted by Crippen LogP contribution is -2.41. The maximum Gasteiger partial charge on any atom is 0.326 e. The van der Waals surface area contributed by atoms with E-state index in [2.05, 4.69) is 5.32 Å². The number of nitrogens with two attached hydrogens (primary N) is 1. The van der Waals surface area contributed by atoms with Gasteiger partial charge >= 0.3 is 11.9 Å². The third-order valence-corrected chi connectivity index (χ3v) is 2.42. The molecule has 0 aliphatic rings. The van der Waals surface area contributed by atoms with E-state index in [-0.39, 0.29) is 30.8 Å². The minimum absolute atomic E-state index is 0. The van der Waals surface area contributed by atoms with E-state index in [0.717, 1.165) is 0 Å². The van der Waals surface area contributed by atoms with Crippen LogP contribution in [0.3, 0.4) is 0 Å². The molecule has 1 atom stereocenters. The molecule has 1 unspecified atom stereocenters. The molecule has 0 aliphatic heterocycles. The SMILES string of the molecule is Cl.Nc1ccc(C(=O)NC(CCC(=O)O)C(=O)O)cc1. The first-order valence-corrected chi connectivity index (χ1v) is 5.51. The number of carboxylic acid groups (broad SMARTS) is 2. The maximum atomic E-state index is 11.8. The number of carboxylic acids is 2. The van der Waals surface area contributed by atoms with E-state index in [4.69, 9.17) is 15.9 Å². The van der Waals surface area contributed by atoms with Gasteiger partial charge in [-0.15, -0.1) is 12.4 Å². The number of halogens is 1. The standard InChI is InChI=1S/C12H14N2O5.ClH/c13-8-3-1-7(2-4-8)11(17)14-9(12(18)19)5-6-10(15)16;/h1-4,9H,5-6,13H2,(H,14,17)(H,15,16)(H,18,19);1H. The summed E-state index contributed by atoms with van der Waals surface area (Å²) in [5.41, 5.74) is 6.21. The predicted molar refractivity (Wildman–Crippen MR) is 73.9 cm³/mol. The van der Waals surface area contributed by atoms with Crippen molar-refractivity contribution in [1.82, 2.24) is 5.32 Å². The average molecular weight is 303 g/mol. The number of aliphatic carboxylic acids is 2. The Balaban J connectivity index is 0.00000361. The number of carbonyl (C=O) groups excluding carboxylic acids is 1. The first kappa shape index (κ1) is 17.7. The Morgan fingerprint density at radius 1 is 1.15 bits per heavy atom. The monoisotopic (exact) mass is 302 g/mol. The van der Waals surface area contributed by atoms with Crippen molar-refractivity contribution in [1.29, 1.82) is 0 Å². The zero-order valence-electron chi connectivity index (χ0n) is 10.4. The van der Waals surface area contributed by atoms with Gasteiger partial charge in [0, 0.05) is 17.7 Å². The van der Waals surface area contributed by atoms with Crippen LogP contribution in [0, 0.1) is 0 Å². The molecule has 0 radical (unpaired) electrons. The summed E-state index contributed by atoms with van der Waals surface area (Å²) >= 11 is 0. The lowest BCUT2D eigenvalue weighted by atomic mass is 10.1. The maximum absolute atomic E-state index is 11.8. The quantitative estimate of drug-likeness (QED) is 0.573. The lowest BCUT2D eigenvalue weighted by molar-refractivity contribution is -0.140. The number of amides is 1. The second kappa shape index (κ2) is 8.00. The van der Waals surface area contributed by atoms with Gasteiger partial charge in [0.1, 0.15) is 6.04 Å². The van der Waals surface area contributed by atoms with Crippen LogP contribution in [-0.4, -0.2) is 34.1 Å². The van der Waals surface area contributed by atoms with Crippen molar-refractivity contribution in [3.05, 3.63) is 29.8 Å². The fourth-order valence-corrected chi connectivity index (χ4v) is 1.40. The van der Waals surface area contributed by atoms with Gasteiger partial charge < -0.3 is 21.3 Å². The Morgan fingerprint density at radius 3 is 2.15 bits per heavy atom. The number of rotatable bonds is 6. The van der Waals surface area contributed by atoms with Crippen molar-refractivity contribution in [3.63, 3.8) is 0 Å². The van der Waals surface area contributed by atoms with Gasteiger partial charge in [-0.1, -0.05) is 0 Å². The number of hydrogen-bond acceptors (Lipinski definition) is 4. The van der Waals surface area contributed by atoms with Crippen molar-refractivity contribution in [2.45, 2.75) is 18.9 Å². The number of carbonyl (C=O) groups is 3. The summed E-state index contributed by atoms with van der Waals surface area (Å²) in [4.78, 5) is 33.1. The van der Waals surface area contributed by atoms with E-state index in [1.54, 1.807) is 0 Å². The molecule has 1 aromatic carbocycles. The smallest absolute Gasteiger partial charge is 0.326 e. The average Bonchev–Trinajstić information content (AvgIpc) is 2.34. The third-order valence-electron chi connectivity index (χ3n) is 2.42. The van der Waals surface area contributed by atoms with E-state index >= 15 is 0 Å². The Kier molecular flexibility index (Phi) is 7.09. The van der Waals surface area contributed by atoms with Crippen LogP contribution in [0.15, 0.2) is 24.3 Å². The molecular formula is C12H15ClN2O5. The molecule has 0 heterocycles. The van der Waals surface area contributed by atoms with Crippen LogP contribution in [0.5, 0.6) is 0 Å². The van der Waals surface area contributed by atoms with Crippen molar-refractivity contribution in [2.24, 2.45) is 0 Å². The minimum atomic E-state index is -1.27. The summed E-state index contributed by atoms with van der Waals surface area (Å²) in [5, 5.41) is 19.7. The largest absolute Gasteiger partial charge is 0.481 e. The van der Waals surface area contributed by atoms with Crippen LogP contribution in [0.1, 0.15) is 23.2 Å². The summed E-state index contributed by atoms with van der Waals surface area (Å²) < 4.78 is 0. The Hall–Kier alpha value is -2.28. The molecule has 0 bridgehead atoms. The zero-order chi connectivity index (χ0) is 14.4. The normalized spacial score (nSPS) is 11.0. The van der Waals surface area contributed by atoms with Gasteiger partial charge in [-0.3, -0.25) is 9.59 Å². The highest BCUT2D eigenvalue weighted by molar-refractivity contribution is 5.96. The highest BCUT2D eigenvalue weighted by Gasteiger charge is 2.21. The van der Waals surface area contributed by atoms with Crippen LogP contribution in [0.25, 0.3) is 0 Å². The molecule has 7 nitrogen and oxygen atoms in total. The minimum Gasteiger partial charge on any atom is -0.481 e. The van der Waals surface area contributed by atoms with Crippen LogP contribution >= 0.6 is 12.4 Å².